The number of ether oxygens (including phenoxy) is 1. The van der Waals surface area contributed by atoms with Crippen molar-refractivity contribution in [2.75, 3.05) is 13.2 Å². The van der Waals surface area contributed by atoms with E-state index in [1.54, 1.807) is 42.6 Å². The van der Waals surface area contributed by atoms with E-state index in [1.807, 2.05) is 13.0 Å². The zero-order chi connectivity index (χ0) is 20.7. The van der Waals surface area contributed by atoms with E-state index in [2.05, 4.69) is 10.3 Å². The molecule has 29 heavy (non-hydrogen) atoms. The summed E-state index contributed by atoms with van der Waals surface area (Å²) in [4.78, 5) is 17.3. The number of hydrogen-bond acceptors (Lipinski definition) is 5. The third-order valence-corrected chi connectivity index (χ3v) is 6.77. The number of amides is 1. The van der Waals surface area contributed by atoms with Crippen molar-refractivity contribution in [2.45, 2.75) is 50.1 Å². The van der Waals surface area contributed by atoms with Gasteiger partial charge < -0.3 is 10.1 Å². The lowest BCUT2D eigenvalue weighted by Crippen LogP contribution is -2.51. The van der Waals surface area contributed by atoms with Gasteiger partial charge in [0.1, 0.15) is 6.04 Å². The molecule has 0 bridgehead atoms. The smallest absolute Gasteiger partial charge is 0.243 e. The largest absolute Gasteiger partial charge is 0.477 e. The number of rotatable bonds is 8. The Morgan fingerprint density at radius 3 is 2.76 bits per heavy atom. The molecule has 1 atom stereocenters. The highest BCUT2D eigenvalue weighted by Crippen LogP contribution is 2.25. The molecular formula is C21H27N3O4S. The maximum atomic E-state index is 13.1. The van der Waals surface area contributed by atoms with Crippen LogP contribution < -0.4 is 10.1 Å². The number of benzene rings is 1. The van der Waals surface area contributed by atoms with Crippen LogP contribution in [0.3, 0.4) is 0 Å². The summed E-state index contributed by atoms with van der Waals surface area (Å²) in [6.45, 7) is 3.13. The molecule has 1 fully saturated rings. The Hall–Kier alpha value is -2.45. The molecule has 156 valence electrons. The van der Waals surface area contributed by atoms with Gasteiger partial charge in [0.05, 0.1) is 11.5 Å². The number of carbonyl (C=O) groups is 1. The van der Waals surface area contributed by atoms with E-state index in [4.69, 9.17) is 4.74 Å². The summed E-state index contributed by atoms with van der Waals surface area (Å²) >= 11 is 0. The van der Waals surface area contributed by atoms with Gasteiger partial charge in [-0.25, -0.2) is 13.4 Å². The van der Waals surface area contributed by atoms with Gasteiger partial charge in [-0.2, -0.15) is 4.31 Å². The molecular weight excluding hydrogens is 390 g/mol. The molecule has 0 saturated carbocycles. The highest BCUT2D eigenvalue weighted by atomic mass is 32.2. The SMILES string of the molecule is CCCOc1ncccc1CNC(=O)C1CCCCN1S(=O)(=O)c1ccccc1. The van der Waals surface area contributed by atoms with Crippen LogP contribution in [0.1, 0.15) is 38.2 Å². The molecule has 1 N–H and O–H groups in total. The van der Waals surface area contributed by atoms with E-state index in [1.165, 1.54) is 4.31 Å². The predicted octanol–water partition coefficient (Wildman–Crippen LogP) is 2.73. The van der Waals surface area contributed by atoms with Crippen molar-refractivity contribution in [1.82, 2.24) is 14.6 Å². The quantitative estimate of drug-likeness (QED) is 0.713. The van der Waals surface area contributed by atoms with Crippen molar-refractivity contribution in [2.24, 2.45) is 0 Å². The molecule has 2 heterocycles. The number of hydrogen-bond donors (Lipinski definition) is 1. The monoisotopic (exact) mass is 417 g/mol. The average molecular weight is 418 g/mol. The topological polar surface area (TPSA) is 88.6 Å². The van der Waals surface area contributed by atoms with Crippen molar-refractivity contribution < 1.29 is 17.9 Å². The number of nitrogens with zero attached hydrogens (tertiary/aromatic N) is 2. The molecule has 2 aromatic rings. The van der Waals surface area contributed by atoms with Crippen LogP contribution >= 0.6 is 0 Å². The Bertz CT molecular complexity index is 919. The molecule has 1 amide bonds. The van der Waals surface area contributed by atoms with Crippen LogP contribution in [0.15, 0.2) is 53.6 Å². The number of aromatic nitrogens is 1. The van der Waals surface area contributed by atoms with Gasteiger partial charge in [0.2, 0.25) is 21.8 Å². The van der Waals surface area contributed by atoms with Crippen LogP contribution in [0.2, 0.25) is 0 Å². The lowest BCUT2D eigenvalue weighted by atomic mass is 10.0. The van der Waals surface area contributed by atoms with Crippen molar-refractivity contribution >= 4 is 15.9 Å². The highest BCUT2D eigenvalue weighted by molar-refractivity contribution is 7.89. The maximum absolute atomic E-state index is 13.1. The normalized spacial score (nSPS) is 17.6. The molecule has 1 aliphatic heterocycles. The molecule has 0 radical (unpaired) electrons. The minimum Gasteiger partial charge on any atom is -0.477 e. The van der Waals surface area contributed by atoms with E-state index in [9.17, 15) is 13.2 Å². The molecule has 7 nitrogen and oxygen atoms in total. The Morgan fingerprint density at radius 2 is 2.00 bits per heavy atom. The van der Waals surface area contributed by atoms with Crippen LogP contribution in [0.25, 0.3) is 0 Å². The van der Waals surface area contributed by atoms with Crippen molar-refractivity contribution in [3.63, 3.8) is 0 Å². The molecule has 1 unspecified atom stereocenters. The second-order valence-electron chi connectivity index (χ2n) is 6.97. The predicted molar refractivity (Wildman–Crippen MR) is 110 cm³/mol. The fourth-order valence-corrected chi connectivity index (χ4v) is 5.05. The fraction of sp³-hybridized carbons (Fsp3) is 0.429. The first-order chi connectivity index (χ1) is 14.0. The van der Waals surface area contributed by atoms with Gasteiger partial charge in [-0.3, -0.25) is 4.79 Å². The van der Waals surface area contributed by atoms with Gasteiger partial charge in [-0.1, -0.05) is 37.6 Å². The van der Waals surface area contributed by atoms with Crippen LogP contribution in [0.4, 0.5) is 0 Å². The third kappa shape index (κ3) is 5.13. The number of nitrogens with one attached hydrogen (secondary N) is 1. The summed E-state index contributed by atoms with van der Waals surface area (Å²) in [6, 6.07) is 11.2. The van der Waals surface area contributed by atoms with Crippen molar-refractivity contribution in [1.29, 1.82) is 0 Å². The highest BCUT2D eigenvalue weighted by Gasteiger charge is 2.37. The van der Waals surface area contributed by atoms with Crippen LogP contribution in [-0.2, 0) is 21.4 Å². The first-order valence-corrected chi connectivity index (χ1v) is 11.4. The van der Waals surface area contributed by atoms with E-state index in [0.29, 0.717) is 25.5 Å². The standard InChI is InChI=1S/C21H27N3O4S/c1-2-15-28-21-17(9-8-13-22-21)16-23-20(25)19-12-6-7-14-24(19)29(26,27)18-10-4-3-5-11-18/h3-5,8-11,13,19H,2,6-7,12,14-16H2,1H3,(H,23,25). The Kier molecular flexibility index (Phi) is 7.22. The zero-order valence-electron chi connectivity index (χ0n) is 16.6. The summed E-state index contributed by atoms with van der Waals surface area (Å²) in [7, 11) is -3.72. The van der Waals surface area contributed by atoms with Crippen LogP contribution in [-0.4, -0.2) is 42.8 Å². The summed E-state index contributed by atoms with van der Waals surface area (Å²) in [6.07, 6.45) is 4.57. The Balaban J connectivity index is 1.72. The lowest BCUT2D eigenvalue weighted by Gasteiger charge is -2.33. The molecule has 1 aliphatic rings. The van der Waals surface area contributed by atoms with E-state index in [0.717, 1.165) is 24.8 Å². The Morgan fingerprint density at radius 1 is 1.21 bits per heavy atom. The van der Waals surface area contributed by atoms with Gasteiger partial charge in [0.15, 0.2) is 0 Å². The maximum Gasteiger partial charge on any atom is 0.243 e. The summed E-state index contributed by atoms with van der Waals surface area (Å²) < 4.78 is 33.1. The van der Waals surface area contributed by atoms with Gasteiger partial charge in [0.25, 0.3) is 0 Å². The zero-order valence-corrected chi connectivity index (χ0v) is 17.4. The molecule has 0 aliphatic carbocycles. The molecule has 0 spiro atoms. The minimum absolute atomic E-state index is 0.210. The molecule has 3 rings (SSSR count). The molecule has 1 saturated heterocycles. The van der Waals surface area contributed by atoms with Gasteiger partial charge in [-0.05, 0) is 37.5 Å². The fourth-order valence-electron chi connectivity index (χ4n) is 3.37. The van der Waals surface area contributed by atoms with Gasteiger partial charge in [0, 0.05) is 24.8 Å². The Labute approximate surface area is 172 Å². The van der Waals surface area contributed by atoms with Crippen LogP contribution in [0, 0.1) is 0 Å². The van der Waals surface area contributed by atoms with E-state index < -0.39 is 16.1 Å². The average Bonchev–Trinajstić information content (AvgIpc) is 2.77. The third-order valence-electron chi connectivity index (χ3n) is 4.85. The number of carbonyl (C=O) groups excluding carboxylic acids is 1. The second-order valence-corrected chi connectivity index (χ2v) is 8.86. The first-order valence-electron chi connectivity index (χ1n) is 9.95. The minimum atomic E-state index is -3.72. The van der Waals surface area contributed by atoms with E-state index >= 15 is 0 Å². The number of piperidine rings is 1. The van der Waals surface area contributed by atoms with E-state index in [-0.39, 0.29) is 17.3 Å². The van der Waals surface area contributed by atoms with Crippen molar-refractivity contribution in [3.05, 3.63) is 54.2 Å². The molecule has 1 aromatic carbocycles. The number of pyridine rings is 1. The van der Waals surface area contributed by atoms with Crippen LogP contribution in [0.5, 0.6) is 5.88 Å². The van der Waals surface area contributed by atoms with Gasteiger partial charge >= 0.3 is 0 Å². The summed E-state index contributed by atoms with van der Waals surface area (Å²) in [5, 5.41) is 2.87. The number of sulfonamides is 1. The van der Waals surface area contributed by atoms with Gasteiger partial charge in [-0.15, -0.1) is 0 Å². The van der Waals surface area contributed by atoms with Crippen molar-refractivity contribution in [3.8, 4) is 5.88 Å². The second kappa shape index (κ2) is 9.84. The molecule has 8 heteroatoms. The summed E-state index contributed by atoms with van der Waals surface area (Å²) in [5.41, 5.74) is 0.766. The molecule has 1 aromatic heterocycles. The lowest BCUT2D eigenvalue weighted by molar-refractivity contribution is -0.125. The summed E-state index contributed by atoms with van der Waals surface area (Å²) in [5.74, 6) is 0.196. The first kappa shape index (κ1) is 21.3.